The van der Waals surface area contributed by atoms with Crippen molar-refractivity contribution in [1.29, 1.82) is 0 Å². The zero-order valence-electron chi connectivity index (χ0n) is 14.5. The molecule has 3 rings (SSSR count). The maximum atomic E-state index is 14.2. The Morgan fingerprint density at radius 3 is 2.84 bits per heavy atom. The van der Waals surface area contributed by atoms with Crippen molar-refractivity contribution in [3.63, 3.8) is 0 Å². The largest absolute Gasteiger partial charge is 0.360 e. The average molecular weight is 344 g/mol. The van der Waals surface area contributed by atoms with Gasteiger partial charge in [-0.3, -0.25) is 4.79 Å². The van der Waals surface area contributed by atoms with Gasteiger partial charge in [0, 0.05) is 18.3 Å². The third-order valence-corrected chi connectivity index (χ3v) is 4.64. The number of aryl methyl sites for hydroxylation is 3. The molecule has 1 aliphatic heterocycles. The van der Waals surface area contributed by atoms with Crippen molar-refractivity contribution in [2.45, 2.75) is 33.1 Å². The van der Waals surface area contributed by atoms with Gasteiger partial charge in [-0.25, -0.2) is 8.78 Å². The van der Waals surface area contributed by atoms with Crippen molar-refractivity contribution < 1.29 is 13.6 Å². The normalized spacial score (nSPS) is 13.5. The van der Waals surface area contributed by atoms with Crippen LogP contribution in [-0.2, 0) is 17.6 Å². The number of benzene rings is 2. The number of hydrogen-bond donors (Lipinski definition) is 1. The lowest BCUT2D eigenvalue weighted by atomic mass is 10.0. The highest BCUT2D eigenvalue weighted by Gasteiger charge is 2.24. The highest BCUT2D eigenvalue weighted by atomic mass is 19.1. The first kappa shape index (κ1) is 17.4. The van der Waals surface area contributed by atoms with Crippen LogP contribution in [0.15, 0.2) is 30.3 Å². The Morgan fingerprint density at radius 2 is 2.08 bits per heavy atom. The van der Waals surface area contributed by atoms with E-state index in [4.69, 9.17) is 0 Å². The van der Waals surface area contributed by atoms with E-state index in [0.29, 0.717) is 24.2 Å². The zero-order chi connectivity index (χ0) is 18.0. The number of nitrogens with one attached hydrogen (secondary N) is 1. The predicted molar refractivity (Wildman–Crippen MR) is 96.1 cm³/mol. The fourth-order valence-electron chi connectivity index (χ4n) is 3.45. The highest BCUT2D eigenvalue weighted by molar-refractivity contribution is 5.95. The van der Waals surface area contributed by atoms with E-state index in [2.05, 4.69) is 5.32 Å². The molecule has 1 N–H and O–H groups in total. The van der Waals surface area contributed by atoms with Crippen LogP contribution in [0.3, 0.4) is 0 Å². The van der Waals surface area contributed by atoms with Crippen molar-refractivity contribution in [3.05, 3.63) is 58.7 Å². The first-order valence-corrected chi connectivity index (χ1v) is 8.60. The van der Waals surface area contributed by atoms with Crippen LogP contribution in [0, 0.1) is 18.6 Å². The lowest BCUT2D eigenvalue weighted by Gasteiger charge is -2.31. The Hall–Kier alpha value is -2.43. The summed E-state index contributed by atoms with van der Waals surface area (Å²) in [5.41, 5.74) is 3.87. The van der Waals surface area contributed by atoms with E-state index in [1.807, 2.05) is 32.0 Å². The third kappa shape index (κ3) is 3.65. The Morgan fingerprint density at radius 1 is 1.28 bits per heavy atom. The SMILES string of the molecule is CCc1cccc(C)c1NC(=O)CN1CCCc2cc(F)cc(F)c21. The van der Waals surface area contributed by atoms with Gasteiger partial charge in [0.25, 0.3) is 0 Å². The monoisotopic (exact) mass is 344 g/mol. The summed E-state index contributed by atoms with van der Waals surface area (Å²) in [5, 5.41) is 2.96. The summed E-state index contributed by atoms with van der Waals surface area (Å²) in [7, 11) is 0. The van der Waals surface area contributed by atoms with Gasteiger partial charge >= 0.3 is 0 Å². The fraction of sp³-hybridized carbons (Fsp3) is 0.350. The summed E-state index contributed by atoms with van der Waals surface area (Å²) in [4.78, 5) is 14.2. The third-order valence-electron chi connectivity index (χ3n) is 4.64. The number of carbonyl (C=O) groups is 1. The minimum absolute atomic E-state index is 0.0487. The fourth-order valence-corrected chi connectivity index (χ4v) is 3.45. The van der Waals surface area contributed by atoms with Gasteiger partial charge in [-0.2, -0.15) is 0 Å². The van der Waals surface area contributed by atoms with Gasteiger partial charge in [0.1, 0.15) is 11.6 Å². The summed E-state index contributed by atoms with van der Waals surface area (Å²) in [6.45, 7) is 4.62. The van der Waals surface area contributed by atoms with Crippen LogP contribution in [-0.4, -0.2) is 19.0 Å². The Bertz CT molecular complexity index is 805. The standard InChI is InChI=1S/C20H22F2N2O/c1-3-14-7-4-6-13(2)19(14)23-18(25)12-24-9-5-8-15-10-16(21)11-17(22)20(15)24/h4,6-7,10-11H,3,5,8-9,12H2,1-2H3,(H,23,25). The smallest absolute Gasteiger partial charge is 0.243 e. The number of hydrogen-bond acceptors (Lipinski definition) is 2. The van der Waals surface area contributed by atoms with Crippen molar-refractivity contribution in [2.24, 2.45) is 0 Å². The van der Waals surface area contributed by atoms with Crippen LogP contribution in [0.25, 0.3) is 0 Å². The number of carbonyl (C=O) groups excluding carboxylic acids is 1. The second-order valence-electron chi connectivity index (χ2n) is 6.43. The van der Waals surface area contributed by atoms with E-state index >= 15 is 0 Å². The molecule has 0 saturated heterocycles. The molecule has 0 unspecified atom stereocenters. The Kier molecular flexibility index (Phi) is 5.02. The molecule has 3 nitrogen and oxygen atoms in total. The highest BCUT2D eigenvalue weighted by Crippen LogP contribution is 2.31. The van der Waals surface area contributed by atoms with Crippen LogP contribution in [0.5, 0.6) is 0 Å². The van der Waals surface area contributed by atoms with Crippen molar-refractivity contribution in [2.75, 3.05) is 23.3 Å². The minimum atomic E-state index is -0.604. The molecule has 1 amide bonds. The predicted octanol–water partition coefficient (Wildman–Crippen LogP) is 4.23. The van der Waals surface area contributed by atoms with E-state index in [-0.39, 0.29) is 12.5 Å². The van der Waals surface area contributed by atoms with E-state index in [9.17, 15) is 13.6 Å². The molecule has 0 fully saturated rings. The van der Waals surface area contributed by atoms with Gasteiger partial charge in [-0.1, -0.05) is 25.1 Å². The maximum absolute atomic E-state index is 14.2. The quantitative estimate of drug-likeness (QED) is 0.900. The van der Waals surface area contributed by atoms with Crippen LogP contribution in [0.2, 0.25) is 0 Å². The molecule has 0 saturated carbocycles. The van der Waals surface area contributed by atoms with Crippen molar-refractivity contribution in [1.82, 2.24) is 0 Å². The van der Waals surface area contributed by atoms with E-state index in [0.717, 1.165) is 35.7 Å². The van der Waals surface area contributed by atoms with Gasteiger partial charge in [0.05, 0.1) is 12.2 Å². The number of para-hydroxylation sites is 1. The summed E-state index contributed by atoms with van der Waals surface area (Å²) >= 11 is 0. The second kappa shape index (κ2) is 7.21. The molecule has 0 spiro atoms. The van der Waals surface area contributed by atoms with Gasteiger partial charge in [-0.05, 0) is 48.9 Å². The second-order valence-corrected chi connectivity index (χ2v) is 6.43. The van der Waals surface area contributed by atoms with Gasteiger partial charge < -0.3 is 10.2 Å². The molecule has 1 aliphatic rings. The first-order valence-electron chi connectivity index (χ1n) is 8.60. The number of anilines is 2. The lowest BCUT2D eigenvalue weighted by Crippen LogP contribution is -2.37. The number of nitrogens with zero attached hydrogens (tertiary/aromatic N) is 1. The zero-order valence-corrected chi connectivity index (χ0v) is 14.5. The molecule has 0 bridgehead atoms. The summed E-state index contributed by atoms with van der Waals surface area (Å²) in [6.07, 6.45) is 2.21. The average Bonchev–Trinajstić information content (AvgIpc) is 2.56. The molecule has 0 aliphatic carbocycles. The number of rotatable bonds is 4. The molecule has 0 atom stereocenters. The summed E-state index contributed by atoms with van der Waals surface area (Å²) in [5.74, 6) is -1.37. The topological polar surface area (TPSA) is 32.3 Å². The van der Waals surface area contributed by atoms with Crippen molar-refractivity contribution in [3.8, 4) is 0 Å². The molecule has 5 heteroatoms. The van der Waals surface area contributed by atoms with E-state index in [1.165, 1.54) is 6.07 Å². The minimum Gasteiger partial charge on any atom is -0.360 e. The number of fused-ring (bicyclic) bond motifs is 1. The summed E-state index contributed by atoms with van der Waals surface area (Å²) in [6, 6.07) is 8.15. The van der Waals surface area contributed by atoms with Gasteiger partial charge in [0.2, 0.25) is 5.91 Å². The van der Waals surface area contributed by atoms with E-state index < -0.39 is 11.6 Å². The molecular weight excluding hydrogens is 322 g/mol. The molecule has 1 heterocycles. The van der Waals surface area contributed by atoms with Gasteiger partial charge in [0.15, 0.2) is 0 Å². The molecule has 0 radical (unpaired) electrons. The van der Waals surface area contributed by atoms with Crippen LogP contribution < -0.4 is 10.2 Å². The maximum Gasteiger partial charge on any atom is 0.243 e. The van der Waals surface area contributed by atoms with Crippen LogP contribution in [0.4, 0.5) is 20.2 Å². The Balaban J connectivity index is 1.80. The van der Waals surface area contributed by atoms with Crippen molar-refractivity contribution >= 4 is 17.3 Å². The van der Waals surface area contributed by atoms with Crippen LogP contribution in [0.1, 0.15) is 30.0 Å². The molecule has 2 aromatic carbocycles. The lowest BCUT2D eigenvalue weighted by molar-refractivity contribution is -0.115. The van der Waals surface area contributed by atoms with Gasteiger partial charge in [-0.15, -0.1) is 0 Å². The molecule has 132 valence electrons. The molecule has 0 aromatic heterocycles. The molecular formula is C20H22F2N2O. The Labute approximate surface area is 146 Å². The van der Waals surface area contributed by atoms with E-state index in [1.54, 1.807) is 4.90 Å². The summed E-state index contributed by atoms with van der Waals surface area (Å²) < 4.78 is 27.7. The first-order chi connectivity index (χ1) is 12.0. The molecule has 25 heavy (non-hydrogen) atoms. The van der Waals surface area contributed by atoms with Crippen LogP contribution >= 0.6 is 0 Å². The molecule has 2 aromatic rings. The number of amides is 1. The number of halogens is 2.